The van der Waals surface area contributed by atoms with Crippen molar-refractivity contribution < 1.29 is 22.7 Å². The van der Waals surface area contributed by atoms with Gasteiger partial charge in [0.05, 0.1) is 24.1 Å². The van der Waals surface area contributed by atoms with E-state index in [1.807, 2.05) is 0 Å². The Morgan fingerprint density at radius 2 is 2.18 bits per heavy atom. The zero-order chi connectivity index (χ0) is 16.5. The van der Waals surface area contributed by atoms with Crippen LogP contribution in [0.1, 0.15) is 16.8 Å². The molecule has 1 aromatic carbocycles. The van der Waals surface area contributed by atoms with Crippen molar-refractivity contribution in [3.63, 3.8) is 0 Å². The van der Waals surface area contributed by atoms with E-state index in [2.05, 4.69) is 15.9 Å². The summed E-state index contributed by atoms with van der Waals surface area (Å²) in [5.74, 6) is -1.48. The molecule has 1 saturated heterocycles. The lowest BCUT2D eigenvalue weighted by Crippen LogP contribution is -2.28. The number of esters is 1. The topological polar surface area (TPSA) is 107 Å². The Balaban J connectivity index is 2.32. The normalized spacial score (nSPS) is 18.6. The van der Waals surface area contributed by atoms with E-state index in [1.54, 1.807) is 18.2 Å². The summed E-state index contributed by atoms with van der Waals surface area (Å²) < 4.78 is 27.7. The van der Waals surface area contributed by atoms with Crippen LogP contribution in [0, 0.1) is 5.92 Å². The van der Waals surface area contributed by atoms with E-state index in [1.165, 1.54) is 12.0 Å². The van der Waals surface area contributed by atoms with E-state index in [0.29, 0.717) is 10.2 Å². The monoisotopic (exact) mass is 390 g/mol. The molecule has 2 N–H and O–H groups in total. The minimum atomic E-state index is -3.65. The second kappa shape index (κ2) is 6.35. The number of rotatable bonds is 4. The van der Waals surface area contributed by atoms with Crippen LogP contribution in [-0.4, -0.2) is 39.7 Å². The maximum atomic E-state index is 12.1. The smallest absolute Gasteiger partial charge is 0.340 e. The first-order valence-electron chi connectivity index (χ1n) is 6.40. The van der Waals surface area contributed by atoms with Crippen LogP contribution in [0.25, 0.3) is 0 Å². The fraction of sp³-hybridized carbons (Fsp3) is 0.385. The summed E-state index contributed by atoms with van der Waals surface area (Å²) in [4.78, 5) is 25.4. The van der Waals surface area contributed by atoms with Gasteiger partial charge < -0.3 is 9.64 Å². The highest BCUT2D eigenvalue weighted by atomic mass is 79.9. The summed E-state index contributed by atoms with van der Waals surface area (Å²) in [7, 11) is -2.40. The number of carbonyl (C=O) groups is 2. The van der Waals surface area contributed by atoms with Gasteiger partial charge >= 0.3 is 5.97 Å². The van der Waals surface area contributed by atoms with E-state index in [0.717, 1.165) is 0 Å². The van der Waals surface area contributed by atoms with Crippen LogP contribution >= 0.6 is 15.9 Å². The Kier molecular flexibility index (Phi) is 4.88. The van der Waals surface area contributed by atoms with Gasteiger partial charge in [-0.2, -0.15) is 0 Å². The summed E-state index contributed by atoms with van der Waals surface area (Å²) in [5, 5.41) is 5.03. The number of sulfonamides is 1. The van der Waals surface area contributed by atoms with Crippen molar-refractivity contribution in [1.29, 1.82) is 0 Å². The number of hydrogen-bond donors (Lipinski definition) is 1. The first-order chi connectivity index (χ1) is 10.2. The van der Waals surface area contributed by atoms with Gasteiger partial charge in [-0.25, -0.2) is 18.4 Å². The lowest BCUT2D eigenvalue weighted by atomic mass is 10.1. The van der Waals surface area contributed by atoms with E-state index in [4.69, 9.17) is 9.88 Å². The molecule has 0 aromatic heterocycles. The van der Waals surface area contributed by atoms with Gasteiger partial charge in [0, 0.05) is 23.4 Å². The number of halogens is 1. The molecular formula is C13H15BrN2O5S. The molecule has 0 saturated carbocycles. The van der Waals surface area contributed by atoms with Crippen molar-refractivity contribution in [2.45, 2.75) is 6.42 Å². The molecule has 22 heavy (non-hydrogen) atoms. The molecule has 1 fully saturated rings. The minimum absolute atomic E-state index is 0.0765. The maximum absolute atomic E-state index is 12.1. The molecule has 1 aliphatic rings. The minimum Gasteiger partial charge on any atom is -0.465 e. The van der Waals surface area contributed by atoms with Crippen molar-refractivity contribution in [3.8, 4) is 0 Å². The van der Waals surface area contributed by atoms with Crippen molar-refractivity contribution in [2.75, 3.05) is 24.3 Å². The van der Waals surface area contributed by atoms with Gasteiger partial charge in [0.2, 0.25) is 15.9 Å². The molecule has 0 radical (unpaired) electrons. The van der Waals surface area contributed by atoms with Crippen LogP contribution in [0.15, 0.2) is 22.7 Å². The number of benzene rings is 1. The summed E-state index contributed by atoms with van der Waals surface area (Å²) in [6.45, 7) is 0.195. The zero-order valence-electron chi connectivity index (χ0n) is 11.8. The molecule has 1 unspecified atom stereocenters. The Bertz CT molecular complexity index is 719. The molecule has 0 bridgehead atoms. The van der Waals surface area contributed by atoms with Crippen LogP contribution in [-0.2, 0) is 19.6 Å². The average Bonchev–Trinajstić information content (AvgIpc) is 2.76. The van der Waals surface area contributed by atoms with Gasteiger partial charge in [-0.3, -0.25) is 4.79 Å². The molecule has 1 amide bonds. The first-order valence-corrected chi connectivity index (χ1v) is 8.91. The summed E-state index contributed by atoms with van der Waals surface area (Å²) in [6, 6.07) is 4.87. The number of methoxy groups -OCH3 is 1. The van der Waals surface area contributed by atoms with Crippen molar-refractivity contribution >= 4 is 43.5 Å². The molecule has 1 aliphatic heterocycles. The third-order valence-corrected chi connectivity index (χ3v) is 4.76. The van der Waals surface area contributed by atoms with Crippen LogP contribution < -0.4 is 10.0 Å². The highest BCUT2D eigenvalue weighted by Crippen LogP contribution is 2.31. The fourth-order valence-electron chi connectivity index (χ4n) is 2.47. The highest BCUT2D eigenvalue weighted by molar-refractivity contribution is 9.10. The lowest BCUT2D eigenvalue weighted by molar-refractivity contribution is -0.117. The number of carbonyl (C=O) groups excluding carboxylic acids is 2. The Morgan fingerprint density at radius 3 is 2.77 bits per heavy atom. The van der Waals surface area contributed by atoms with Gasteiger partial charge in [-0.1, -0.05) is 15.9 Å². The number of ether oxygens (including phenoxy) is 1. The number of nitrogens with zero attached hydrogens (tertiary/aromatic N) is 1. The fourth-order valence-corrected chi connectivity index (χ4v) is 3.71. The Morgan fingerprint density at radius 1 is 1.50 bits per heavy atom. The van der Waals surface area contributed by atoms with E-state index < -0.39 is 21.9 Å². The van der Waals surface area contributed by atoms with Crippen LogP contribution in [0.4, 0.5) is 5.69 Å². The van der Waals surface area contributed by atoms with E-state index in [9.17, 15) is 18.0 Å². The number of hydrogen-bond acceptors (Lipinski definition) is 5. The number of anilines is 1. The van der Waals surface area contributed by atoms with Crippen molar-refractivity contribution in [3.05, 3.63) is 28.2 Å². The summed E-state index contributed by atoms with van der Waals surface area (Å²) in [5.41, 5.74) is 0.637. The lowest BCUT2D eigenvalue weighted by Gasteiger charge is -2.19. The second-order valence-electron chi connectivity index (χ2n) is 5.06. The van der Waals surface area contributed by atoms with Gasteiger partial charge in [0.15, 0.2) is 0 Å². The second-order valence-corrected chi connectivity index (χ2v) is 7.63. The first kappa shape index (κ1) is 16.9. The maximum Gasteiger partial charge on any atom is 0.340 e. The van der Waals surface area contributed by atoms with Crippen molar-refractivity contribution in [2.24, 2.45) is 11.1 Å². The van der Waals surface area contributed by atoms with Crippen LogP contribution in [0.5, 0.6) is 0 Å². The summed E-state index contributed by atoms with van der Waals surface area (Å²) >= 11 is 3.26. The molecule has 0 spiro atoms. The molecular weight excluding hydrogens is 376 g/mol. The van der Waals surface area contributed by atoms with Crippen molar-refractivity contribution in [1.82, 2.24) is 0 Å². The SMILES string of the molecule is COC(=O)c1cc(Br)ccc1N1CC(CS(N)(=O)=O)CC1=O. The van der Waals surface area contributed by atoms with E-state index in [-0.39, 0.29) is 30.2 Å². The molecule has 7 nitrogen and oxygen atoms in total. The number of amides is 1. The van der Waals surface area contributed by atoms with Gasteiger partial charge in [-0.05, 0) is 18.2 Å². The van der Waals surface area contributed by atoms with Crippen LogP contribution in [0.3, 0.4) is 0 Å². The van der Waals surface area contributed by atoms with Gasteiger partial charge in [0.25, 0.3) is 0 Å². The number of nitrogens with two attached hydrogens (primary N) is 1. The molecule has 1 heterocycles. The average molecular weight is 391 g/mol. The molecule has 0 aliphatic carbocycles. The zero-order valence-corrected chi connectivity index (χ0v) is 14.2. The predicted octanol–water partition coefficient (Wildman–Crippen LogP) is 0.877. The quantitative estimate of drug-likeness (QED) is 0.767. The molecule has 1 aromatic rings. The van der Waals surface area contributed by atoms with Crippen LogP contribution in [0.2, 0.25) is 0 Å². The van der Waals surface area contributed by atoms with Gasteiger partial charge in [-0.15, -0.1) is 0 Å². The Hall–Kier alpha value is -1.45. The van der Waals surface area contributed by atoms with E-state index >= 15 is 0 Å². The largest absolute Gasteiger partial charge is 0.465 e. The van der Waals surface area contributed by atoms with Gasteiger partial charge in [0.1, 0.15) is 0 Å². The molecule has 9 heteroatoms. The molecule has 1 atom stereocenters. The number of primary sulfonamides is 1. The Labute approximate surface area is 136 Å². The molecule has 2 rings (SSSR count). The standard InChI is InChI=1S/C13H15BrN2O5S/c1-21-13(18)10-5-9(14)2-3-11(10)16-6-8(4-12(16)17)7-22(15,19)20/h2-3,5,8H,4,6-7H2,1H3,(H2,15,19,20). The molecule has 120 valence electrons. The summed E-state index contributed by atoms with van der Waals surface area (Å²) in [6.07, 6.45) is 0.0765. The third-order valence-electron chi connectivity index (χ3n) is 3.33. The highest BCUT2D eigenvalue weighted by Gasteiger charge is 2.34. The predicted molar refractivity (Wildman–Crippen MR) is 83.9 cm³/mol. The third kappa shape index (κ3) is 3.84.